The number of esters is 1. The van der Waals surface area contributed by atoms with Crippen molar-refractivity contribution in [3.63, 3.8) is 0 Å². The van der Waals surface area contributed by atoms with E-state index in [0.717, 1.165) is 23.3 Å². The highest BCUT2D eigenvalue weighted by Gasteiger charge is 2.43. The molecule has 2 atom stereocenters. The first kappa shape index (κ1) is 30.0. The third kappa shape index (κ3) is 6.62. The average molecular weight is 621 g/mol. The second kappa shape index (κ2) is 12.4. The van der Waals surface area contributed by atoms with Crippen molar-refractivity contribution in [1.29, 1.82) is 5.26 Å². The van der Waals surface area contributed by atoms with Gasteiger partial charge in [0.25, 0.3) is 6.33 Å². The van der Waals surface area contributed by atoms with Crippen molar-refractivity contribution in [1.82, 2.24) is 14.8 Å². The van der Waals surface area contributed by atoms with Crippen LogP contribution in [0.4, 0.5) is 8.78 Å². The van der Waals surface area contributed by atoms with Gasteiger partial charge in [0.1, 0.15) is 29.5 Å². The van der Waals surface area contributed by atoms with Crippen molar-refractivity contribution in [2.45, 2.75) is 38.5 Å². The van der Waals surface area contributed by atoms with Crippen molar-refractivity contribution < 1.29 is 28.0 Å². The first-order valence-corrected chi connectivity index (χ1v) is 14.3. The number of aromatic nitrogens is 4. The highest BCUT2D eigenvalue weighted by Crippen LogP contribution is 2.41. The summed E-state index contributed by atoms with van der Waals surface area (Å²) >= 11 is 7.56. The van der Waals surface area contributed by atoms with Gasteiger partial charge in [-0.25, -0.2) is 18.3 Å². The molecular weight excluding hydrogens is 596 g/mol. The number of nitrogens with zero attached hydrogens (tertiary/aromatic N) is 5. The van der Waals surface area contributed by atoms with E-state index in [0.29, 0.717) is 22.8 Å². The van der Waals surface area contributed by atoms with Crippen molar-refractivity contribution in [3.05, 3.63) is 117 Å². The number of carbonyl (C=O) groups is 1. The first-order chi connectivity index (χ1) is 20.5. The second-order valence-electron chi connectivity index (χ2n) is 10.0. The van der Waals surface area contributed by atoms with Gasteiger partial charge in [0, 0.05) is 40.5 Å². The van der Waals surface area contributed by atoms with Crippen molar-refractivity contribution in [2.24, 2.45) is 0 Å². The van der Waals surface area contributed by atoms with E-state index < -0.39 is 29.1 Å². The maximum atomic E-state index is 15.2. The molecule has 5 aromatic rings. The van der Waals surface area contributed by atoms with Gasteiger partial charge in [-0.1, -0.05) is 42.8 Å². The number of ether oxygens (including phenoxy) is 1. The second-order valence-corrected chi connectivity index (χ2v) is 11.3. The summed E-state index contributed by atoms with van der Waals surface area (Å²) in [7, 11) is 0. The fraction of sp³-hybridized carbons (Fsp3) is 0.194. The van der Waals surface area contributed by atoms with Gasteiger partial charge in [-0.15, -0.1) is 16.0 Å². The highest BCUT2D eigenvalue weighted by atomic mass is 35.5. The van der Waals surface area contributed by atoms with Gasteiger partial charge in [0.2, 0.25) is 6.33 Å². The Hall–Kier alpha value is -4.50. The average Bonchev–Trinajstić information content (AvgIpc) is 3.64. The number of nitriles is 1. The summed E-state index contributed by atoms with van der Waals surface area (Å²) in [6.07, 6.45) is 3.20. The lowest BCUT2D eigenvalue weighted by atomic mass is 9.82. The van der Waals surface area contributed by atoms with Gasteiger partial charge >= 0.3 is 5.97 Å². The van der Waals surface area contributed by atoms with Crippen LogP contribution in [0.5, 0.6) is 5.75 Å². The SMILES string of the molecule is CC(=O)Oc1ccc(C[n+]2cnn(C[C@](O)(c3ccc(F)cc3F)[C@@H](C)c3nc(-c4ccc(C#N)cc4)cs3)c2)cc1Cl. The van der Waals surface area contributed by atoms with Gasteiger partial charge in [-0.05, 0) is 35.9 Å². The minimum absolute atomic E-state index is 0.0913. The minimum Gasteiger partial charge on any atom is -0.425 e. The van der Waals surface area contributed by atoms with E-state index in [4.69, 9.17) is 26.6 Å². The molecule has 0 fully saturated rings. The van der Waals surface area contributed by atoms with Crippen LogP contribution in [0, 0.1) is 23.0 Å². The highest BCUT2D eigenvalue weighted by molar-refractivity contribution is 7.10. The van der Waals surface area contributed by atoms with Crippen molar-refractivity contribution in [3.8, 4) is 23.1 Å². The predicted molar refractivity (Wildman–Crippen MR) is 155 cm³/mol. The number of benzene rings is 3. The molecule has 0 saturated heterocycles. The fourth-order valence-electron chi connectivity index (χ4n) is 4.70. The maximum Gasteiger partial charge on any atom is 0.308 e. The van der Waals surface area contributed by atoms with E-state index >= 15 is 4.39 Å². The molecule has 1 N–H and O–H groups in total. The zero-order chi connectivity index (χ0) is 30.7. The van der Waals surface area contributed by atoms with E-state index in [1.807, 2.05) is 5.38 Å². The Bertz CT molecular complexity index is 1840. The van der Waals surface area contributed by atoms with Crippen LogP contribution >= 0.6 is 22.9 Å². The van der Waals surface area contributed by atoms with Crippen LogP contribution in [-0.4, -0.2) is 25.8 Å². The first-order valence-electron chi connectivity index (χ1n) is 13.1. The molecule has 218 valence electrons. The molecule has 12 heteroatoms. The lowest BCUT2D eigenvalue weighted by molar-refractivity contribution is -0.689. The summed E-state index contributed by atoms with van der Waals surface area (Å²) in [5.41, 5.74) is 0.805. The fourth-order valence-corrected chi connectivity index (χ4v) is 5.91. The van der Waals surface area contributed by atoms with Gasteiger partial charge in [0.05, 0.1) is 33.9 Å². The Balaban J connectivity index is 1.43. The molecular formula is C31H25ClF2N5O3S+. The third-order valence-electron chi connectivity index (χ3n) is 6.96. The molecule has 3 aromatic carbocycles. The Labute approximate surface area is 255 Å². The molecule has 8 nitrogen and oxygen atoms in total. The molecule has 0 spiro atoms. The van der Waals surface area contributed by atoms with Gasteiger partial charge in [-0.2, -0.15) is 5.26 Å². The summed E-state index contributed by atoms with van der Waals surface area (Å²) in [4.78, 5) is 16.0. The Morgan fingerprint density at radius 2 is 1.98 bits per heavy atom. The quantitative estimate of drug-likeness (QED) is 0.128. The Morgan fingerprint density at radius 3 is 2.65 bits per heavy atom. The number of hydrogen-bond donors (Lipinski definition) is 1. The molecule has 2 heterocycles. The summed E-state index contributed by atoms with van der Waals surface area (Å²) < 4.78 is 37.3. The molecule has 0 unspecified atom stereocenters. The number of aliphatic hydroxyl groups is 1. The van der Waals surface area contributed by atoms with Gasteiger partial charge in [0.15, 0.2) is 0 Å². The topological polar surface area (TPSA) is 105 Å². The molecule has 43 heavy (non-hydrogen) atoms. The third-order valence-corrected chi connectivity index (χ3v) is 8.29. The van der Waals surface area contributed by atoms with Crippen LogP contribution in [0.2, 0.25) is 5.02 Å². The number of carbonyl (C=O) groups excluding carboxylic acids is 1. The normalized spacial score (nSPS) is 13.2. The lowest BCUT2D eigenvalue weighted by Gasteiger charge is -2.32. The van der Waals surface area contributed by atoms with Crippen molar-refractivity contribution >= 4 is 28.9 Å². The van der Waals surface area contributed by atoms with Crippen molar-refractivity contribution in [2.75, 3.05) is 0 Å². The van der Waals surface area contributed by atoms with Crippen LogP contribution < -0.4 is 9.30 Å². The predicted octanol–water partition coefficient (Wildman–Crippen LogP) is 5.76. The zero-order valence-electron chi connectivity index (χ0n) is 23.0. The van der Waals surface area contributed by atoms with Crippen LogP contribution in [0.25, 0.3) is 11.3 Å². The number of thiazole rings is 1. The summed E-state index contributed by atoms with van der Waals surface area (Å²) in [6.45, 7) is 3.21. The lowest BCUT2D eigenvalue weighted by Crippen LogP contribution is -2.39. The maximum absolute atomic E-state index is 15.2. The van der Waals surface area contributed by atoms with Crippen LogP contribution in [-0.2, 0) is 23.5 Å². The van der Waals surface area contributed by atoms with E-state index in [-0.39, 0.29) is 22.9 Å². The number of hydrogen-bond acceptors (Lipinski definition) is 7. The largest absolute Gasteiger partial charge is 0.425 e. The van der Waals surface area contributed by atoms with E-state index in [1.54, 1.807) is 66.6 Å². The molecule has 0 amide bonds. The molecule has 0 aliphatic rings. The monoisotopic (exact) mass is 620 g/mol. The van der Waals surface area contributed by atoms with Gasteiger partial charge in [-0.3, -0.25) is 4.79 Å². The van der Waals surface area contributed by atoms with Crippen LogP contribution in [0.3, 0.4) is 0 Å². The molecule has 2 aromatic heterocycles. The van der Waals surface area contributed by atoms with Gasteiger partial charge < -0.3 is 9.84 Å². The van der Waals surface area contributed by atoms with Crippen LogP contribution in [0.1, 0.15) is 41.5 Å². The summed E-state index contributed by atoms with van der Waals surface area (Å²) in [5.74, 6) is -2.60. The van der Waals surface area contributed by atoms with Crippen LogP contribution in [0.15, 0.2) is 78.7 Å². The van der Waals surface area contributed by atoms with E-state index in [2.05, 4.69) is 11.2 Å². The van der Waals surface area contributed by atoms with E-state index in [1.165, 1.54) is 29.0 Å². The number of halogens is 3. The smallest absolute Gasteiger partial charge is 0.308 e. The van der Waals surface area contributed by atoms with E-state index in [9.17, 15) is 14.3 Å². The molecule has 0 bridgehead atoms. The summed E-state index contributed by atoms with van der Waals surface area (Å²) in [6, 6.07) is 17.1. The Kier molecular flexibility index (Phi) is 8.64. The Morgan fingerprint density at radius 1 is 1.21 bits per heavy atom. The summed E-state index contributed by atoms with van der Waals surface area (Å²) in [5, 5.41) is 28.2. The standard InChI is InChI=1S/C31H25ClF2N5O3S/c1-19(30-37-28(15-43-30)23-6-3-21(13-35)4-7-23)31(41,25-9-8-24(33)12-27(25)34)16-39-18-38(17-36-39)14-22-5-10-29(26(32)11-22)42-20(2)40/h3-12,15,17-19,41H,14,16H2,1-2H3/q+1/t19-,31+/m0/s1. The zero-order valence-corrected chi connectivity index (χ0v) is 24.6. The number of rotatable bonds is 9. The molecule has 5 rings (SSSR count). The molecule has 0 aliphatic heterocycles. The molecule has 0 saturated carbocycles. The molecule has 0 radical (unpaired) electrons. The minimum atomic E-state index is -1.86. The molecule has 0 aliphatic carbocycles.